The summed E-state index contributed by atoms with van der Waals surface area (Å²) in [6.07, 6.45) is 6.18. The highest BCUT2D eigenvalue weighted by Crippen LogP contribution is 2.34. The number of carbonyl (C=O) groups excluding carboxylic acids is 1. The zero-order valence-electron chi connectivity index (χ0n) is 21.7. The second-order valence-electron chi connectivity index (χ2n) is 12.0. The molecule has 0 bridgehead atoms. The average molecular weight is 450 g/mol. The first-order valence-electron chi connectivity index (χ1n) is 11.8. The molecule has 0 saturated heterocycles. The van der Waals surface area contributed by atoms with Crippen LogP contribution in [0.3, 0.4) is 0 Å². The molecule has 0 unspecified atom stereocenters. The van der Waals surface area contributed by atoms with E-state index in [1.165, 1.54) is 11.1 Å². The Bertz CT molecular complexity index is 1020. The van der Waals surface area contributed by atoms with E-state index in [1.807, 2.05) is 33.2 Å². The maximum atomic E-state index is 12.4. The van der Waals surface area contributed by atoms with Crippen LogP contribution in [0.15, 0.2) is 36.7 Å². The number of hydrogen-bond acceptors (Lipinski definition) is 4. The van der Waals surface area contributed by atoms with E-state index in [2.05, 4.69) is 70.8 Å². The van der Waals surface area contributed by atoms with Gasteiger partial charge in [0, 0.05) is 18.7 Å². The van der Waals surface area contributed by atoms with Crippen LogP contribution >= 0.6 is 0 Å². The Morgan fingerprint density at radius 1 is 0.879 bits per heavy atom. The van der Waals surface area contributed by atoms with E-state index in [4.69, 9.17) is 9.72 Å². The summed E-state index contributed by atoms with van der Waals surface area (Å²) in [7, 11) is 0. The number of benzene rings is 1. The second-order valence-corrected chi connectivity index (χ2v) is 12.0. The Balaban J connectivity index is 1.90. The van der Waals surface area contributed by atoms with Gasteiger partial charge in [-0.2, -0.15) is 0 Å². The van der Waals surface area contributed by atoms with Gasteiger partial charge in [0.25, 0.3) is 0 Å². The molecule has 178 valence electrons. The minimum absolute atomic E-state index is 0.0398. The van der Waals surface area contributed by atoms with Gasteiger partial charge in [0.1, 0.15) is 5.60 Å². The van der Waals surface area contributed by atoms with Crippen molar-refractivity contribution in [3.05, 3.63) is 53.5 Å². The maximum absolute atomic E-state index is 12.4. The highest BCUT2D eigenvalue weighted by atomic mass is 16.6. The Kier molecular flexibility index (Phi) is 6.74. The molecule has 0 atom stereocenters. The third-order valence-electron chi connectivity index (χ3n) is 5.79. The van der Waals surface area contributed by atoms with Gasteiger partial charge in [-0.1, -0.05) is 53.7 Å². The van der Waals surface area contributed by atoms with Crippen LogP contribution in [0.4, 0.5) is 4.79 Å². The van der Waals surface area contributed by atoms with E-state index < -0.39 is 5.60 Å². The van der Waals surface area contributed by atoms with Gasteiger partial charge in [0.15, 0.2) is 0 Å². The summed E-state index contributed by atoms with van der Waals surface area (Å²) in [6, 6.07) is 6.79. The maximum Gasteiger partial charge on any atom is 0.410 e. The molecule has 1 aliphatic rings. The van der Waals surface area contributed by atoms with E-state index in [9.17, 15) is 4.79 Å². The van der Waals surface area contributed by atoms with E-state index >= 15 is 0 Å². The predicted molar refractivity (Wildman–Crippen MR) is 135 cm³/mol. The van der Waals surface area contributed by atoms with Crippen molar-refractivity contribution >= 4 is 11.7 Å². The van der Waals surface area contributed by atoms with Crippen molar-refractivity contribution in [2.45, 2.75) is 85.2 Å². The molecule has 1 aromatic carbocycles. The first kappa shape index (κ1) is 24.9. The molecule has 0 spiro atoms. The Morgan fingerprint density at radius 3 is 1.94 bits per heavy atom. The molecule has 33 heavy (non-hydrogen) atoms. The van der Waals surface area contributed by atoms with Crippen LogP contribution in [0.5, 0.6) is 0 Å². The minimum atomic E-state index is -0.492. The van der Waals surface area contributed by atoms with Crippen LogP contribution in [-0.2, 0) is 15.6 Å². The molecule has 5 nitrogen and oxygen atoms in total. The Labute approximate surface area is 199 Å². The lowest BCUT2D eigenvalue weighted by atomic mass is 9.79. The number of nitrogens with zero attached hydrogens (tertiary/aromatic N) is 3. The Morgan fingerprint density at radius 2 is 1.45 bits per heavy atom. The Hall–Kier alpha value is -2.69. The lowest BCUT2D eigenvalue weighted by Gasteiger charge is -2.29. The number of amides is 1. The first-order chi connectivity index (χ1) is 15.1. The van der Waals surface area contributed by atoms with Crippen LogP contribution in [-0.4, -0.2) is 39.7 Å². The number of ether oxygens (including phenoxy) is 1. The van der Waals surface area contributed by atoms with Gasteiger partial charge in [0.05, 0.1) is 23.8 Å². The van der Waals surface area contributed by atoms with E-state index in [1.54, 1.807) is 4.90 Å². The van der Waals surface area contributed by atoms with Crippen molar-refractivity contribution in [3.8, 4) is 11.3 Å². The van der Waals surface area contributed by atoms with Gasteiger partial charge in [-0.3, -0.25) is 4.98 Å². The first-order valence-corrected chi connectivity index (χ1v) is 11.8. The molecule has 1 aromatic heterocycles. The minimum Gasteiger partial charge on any atom is -0.444 e. The van der Waals surface area contributed by atoms with Gasteiger partial charge < -0.3 is 9.64 Å². The molecule has 0 fully saturated rings. The molecule has 0 radical (unpaired) electrons. The van der Waals surface area contributed by atoms with Crippen molar-refractivity contribution < 1.29 is 9.53 Å². The zero-order chi connectivity index (χ0) is 24.6. The number of aromatic nitrogens is 2. The predicted octanol–water partition coefficient (Wildman–Crippen LogP) is 6.76. The molecular formula is C28H39N3O2. The zero-order valence-corrected chi connectivity index (χ0v) is 21.7. The normalized spacial score (nSPS) is 15.3. The topological polar surface area (TPSA) is 55.3 Å². The summed E-state index contributed by atoms with van der Waals surface area (Å²) in [5.74, 6) is 0. The molecule has 2 heterocycles. The van der Waals surface area contributed by atoms with Crippen molar-refractivity contribution in [1.29, 1.82) is 0 Å². The molecule has 1 aliphatic heterocycles. The molecule has 0 aliphatic carbocycles. The largest absolute Gasteiger partial charge is 0.444 e. The van der Waals surface area contributed by atoms with Crippen molar-refractivity contribution in [2.75, 3.05) is 13.1 Å². The summed E-state index contributed by atoms with van der Waals surface area (Å²) in [5.41, 5.74) is 6.13. The van der Waals surface area contributed by atoms with Crippen molar-refractivity contribution in [3.63, 3.8) is 0 Å². The molecule has 5 heteroatoms. The number of hydrogen-bond donors (Lipinski definition) is 0. The van der Waals surface area contributed by atoms with Crippen LogP contribution in [0, 0.1) is 0 Å². The van der Waals surface area contributed by atoms with Gasteiger partial charge in [-0.25, -0.2) is 9.78 Å². The molecular weight excluding hydrogens is 410 g/mol. The van der Waals surface area contributed by atoms with Gasteiger partial charge in [0.2, 0.25) is 0 Å². The quantitative estimate of drug-likeness (QED) is 0.508. The second kappa shape index (κ2) is 8.92. The number of rotatable bonds is 2. The molecule has 0 saturated carbocycles. The molecule has 2 aromatic rings. The molecule has 1 amide bonds. The highest BCUT2D eigenvalue weighted by molar-refractivity contribution is 5.72. The van der Waals surface area contributed by atoms with Crippen LogP contribution in [0.2, 0.25) is 0 Å². The summed E-state index contributed by atoms with van der Waals surface area (Å²) >= 11 is 0. The fourth-order valence-corrected chi connectivity index (χ4v) is 3.70. The van der Waals surface area contributed by atoms with Gasteiger partial charge >= 0.3 is 6.09 Å². The lowest BCUT2D eigenvalue weighted by molar-refractivity contribution is 0.0270. The molecule has 0 N–H and O–H groups in total. The van der Waals surface area contributed by atoms with Crippen molar-refractivity contribution in [2.24, 2.45) is 0 Å². The monoisotopic (exact) mass is 449 g/mol. The third kappa shape index (κ3) is 6.43. The van der Waals surface area contributed by atoms with E-state index in [0.29, 0.717) is 13.1 Å². The molecule has 3 rings (SSSR count). The standard InChI is InChI=1S/C28H39N3O2/c1-26(2,3)21-14-20(15-22(16-21)27(4,5)6)24-18-29-17-23(30-24)19-10-12-31(13-11-19)25(32)33-28(7,8)9/h10,14-18H,11-13H2,1-9H3. The van der Waals surface area contributed by atoms with Gasteiger partial charge in [-0.15, -0.1) is 0 Å². The fourth-order valence-electron chi connectivity index (χ4n) is 3.70. The fraction of sp³-hybridized carbons (Fsp3) is 0.536. The summed E-state index contributed by atoms with van der Waals surface area (Å²) in [4.78, 5) is 23.6. The van der Waals surface area contributed by atoms with Crippen LogP contribution in [0.1, 0.15) is 85.6 Å². The number of carbonyl (C=O) groups is 1. The van der Waals surface area contributed by atoms with Crippen molar-refractivity contribution in [1.82, 2.24) is 14.9 Å². The van der Waals surface area contributed by atoms with Crippen LogP contribution in [0.25, 0.3) is 16.8 Å². The smallest absolute Gasteiger partial charge is 0.410 e. The van der Waals surface area contributed by atoms with E-state index in [0.717, 1.165) is 28.9 Å². The SMILES string of the molecule is CC(C)(C)OC(=O)N1CC=C(c2cncc(-c3cc(C(C)(C)C)cc(C(C)(C)C)c3)n2)CC1. The average Bonchev–Trinajstić information content (AvgIpc) is 2.71. The summed E-state index contributed by atoms with van der Waals surface area (Å²) in [6.45, 7) is 20.2. The highest BCUT2D eigenvalue weighted by Gasteiger charge is 2.25. The summed E-state index contributed by atoms with van der Waals surface area (Å²) < 4.78 is 5.50. The summed E-state index contributed by atoms with van der Waals surface area (Å²) in [5, 5.41) is 0. The lowest BCUT2D eigenvalue weighted by Crippen LogP contribution is -2.39. The third-order valence-corrected chi connectivity index (χ3v) is 5.79. The van der Waals surface area contributed by atoms with Crippen LogP contribution < -0.4 is 0 Å². The van der Waals surface area contributed by atoms with E-state index in [-0.39, 0.29) is 16.9 Å². The van der Waals surface area contributed by atoms with Gasteiger partial charge in [-0.05, 0) is 66.9 Å².